The van der Waals surface area contributed by atoms with Crippen LogP contribution in [0.5, 0.6) is 0 Å². The van der Waals surface area contributed by atoms with Crippen molar-refractivity contribution < 1.29 is 4.79 Å². The van der Waals surface area contributed by atoms with Crippen molar-refractivity contribution >= 4 is 34.5 Å². The minimum absolute atomic E-state index is 0.169. The highest BCUT2D eigenvalue weighted by atomic mass is 35.5. The quantitative estimate of drug-likeness (QED) is 0.774. The molecule has 0 atom stereocenters. The molecule has 0 fully saturated rings. The highest BCUT2D eigenvalue weighted by Crippen LogP contribution is 2.16. The van der Waals surface area contributed by atoms with Crippen LogP contribution in [0.1, 0.15) is 21.1 Å². The maximum atomic E-state index is 12.2. The average Bonchev–Trinajstić information content (AvgIpc) is 2.99. The Bertz CT molecular complexity index is 949. The third-order valence-electron chi connectivity index (χ3n) is 3.39. The second kappa shape index (κ2) is 6.98. The number of rotatable bonds is 4. The van der Waals surface area contributed by atoms with E-state index in [0.717, 1.165) is 10.6 Å². The van der Waals surface area contributed by atoms with E-state index in [-0.39, 0.29) is 11.5 Å². The number of halogens is 1. The molecule has 0 saturated carbocycles. The van der Waals surface area contributed by atoms with Crippen LogP contribution in [0.25, 0.3) is 0 Å². The van der Waals surface area contributed by atoms with E-state index in [1.165, 1.54) is 22.0 Å². The van der Waals surface area contributed by atoms with E-state index >= 15 is 0 Å². The second-order valence-electron chi connectivity index (χ2n) is 5.18. The maximum Gasteiger partial charge on any atom is 0.275 e. The monoisotopic (exact) mass is 359 g/mol. The van der Waals surface area contributed by atoms with Crippen molar-refractivity contribution in [1.82, 2.24) is 9.55 Å². The molecule has 2 aromatic heterocycles. The van der Waals surface area contributed by atoms with Gasteiger partial charge < -0.3 is 9.88 Å². The van der Waals surface area contributed by atoms with Crippen molar-refractivity contribution in [2.75, 3.05) is 5.32 Å². The Kier molecular flexibility index (Phi) is 4.78. The van der Waals surface area contributed by atoms with Gasteiger partial charge in [-0.3, -0.25) is 9.59 Å². The van der Waals surface area contributed by atoms with Crippen LogP contribution in [0.3, 0.4) is 0 Å². The number of aromatic nitrogens is 2. The van der Waals surface area contributed by atoms with Gasteiger partial charge in [0, 0.05) is 22.7 Å². The summed E-state index contributed by atoms with van der Waals surface area (Å²) in [4.78, 5) is 28.3. The van der Waals surface area contributed by atoms with Gasteiger partial charge >= 0.3 is 0 Å². The first-order valence-electron chi connectivity index (χ1n) is 7.20. The van der Waals surface area contributed by atoms with Gasteiger partial charge in [-0.2, -0.15) is 0 Å². The fourth-order valence-corrected chi connectivity index (χ4v) is 2.99. The van der Waals surface area contributed by atoms with E-state index in [0.29, 0.717) is 22.9 Å². The first-order valence-corrected chi connectivity index (χ1v) is 8.46. The Balaban J connectivity index is 1.82. The summed E-state index contributed by atoms with van der Waals surface area (Å²) >= 11 is 7.55. The zero-order valence-electron chi connectivity index (χ0n) is 12.8. The smallest absolute Gasteiger partial charge is 0.275 e. The fourth-order valence-electron chi connectivity index (χ4n) is 2.20. The normalized spacial score (nSPS) is 10.6. The van der Waals surface area contributed by atoms with E-state index in [2.05, 4.69) is 10.3 Å². The lowest BCUT2D eigenvalue weighted by molar-refractivity contribution is 0.102. The standard InChI is InChI=1S/C17H14ClN3O2S/c1-11-19-15(10-24-11)17(23)20-13-6-7-16(22)21(9-13)8-12-4-2-3-5-14(12)18/h2-7,9-10H,8H2,1H3,(H,20,23). The predicted molar refractivity (Wildman–Crippen MR) is 96.1 cm³/mol. The number of carbonyl (C=O) groups excluding carboxylic acids is 1. The number of hydrogen-bond donors (Lipinski definition) is 1. The molecule has 7 heteroatoms. The molecule has 1 amide bonds. The number of aryl methyl sites for hydroxylation is 1. The number of carbonyl (C=O) groups is 1. The molecule has 1 aromatic carbocycles. The Morgan fingerprint density at radius 3 is 2.79 bits per heavy atom. The van der Waals surface area contributed by atoms with Crippen molar-refractivity contribution in [3.63, 3.8) is 0 Å². The second-order valence-corrected chi connectivity index (χ2v) is 6.65. The van der Waals surface area contributed by atoms with E-state index in [1.54, 1.807) is 23.7 Å². The van der Waals surface area contributed by atoms with Gasteiger partial charge in [-0.15, -0.1) is 11.3 Å². The third-order valence-corrected chi connectivity index (χ3v) is 4.53. The number of nitrogens with zero attached hydrogens (tertiary/aromatic N) is 2. The molecule has 0 radical (unpaired) electrons. The predicted octanol–water partition coefficient (Wildman–Crippen LogP) is 3.57. The summed E-state index contributed by atoms with van der Waals surface area (Å²) in [6.07, 6.45) is 1.60. The largest absolute Gasteiger partial charge is 0.319 e. The van der Waals surface area contributed by atoms with Crippen molar-refractivity contribution in [1.29, 1.82) is 0 Å². The summed E-state index contributed by atoms with van der Waals surface area (Å²) in [5.74, 6) is -0.303. The Morgan fingerprint density at radius 2 is 2.08 bits per heavy atom. The van der Waals surface area contributed by atoms with E-state index in [4.69, 9.17) is 11.6 Å². The summed E-state index contributed by atoms with van der Waals surface area (Å²) in [6, 6.07) is 10.3. The molecule has 0 saturated heterocycles. The van der Waals surface area contributed by atoms with Gasteiger partial charge in [-0.05, 0) is 24.6 Å². The van der Waals surface area contributed by atoms with Crippen LogP contribution in [0.4, 0.5) is 5.69 Å². The van der Waals surface area contributed by atoms with Crippen LogP contribution in [0.2, 0.25) is 5.02 Å². The molecule has 122 valence electrons. The van der Waals surface area contributed by atoms with Crippen molar-refractivity contribution in [2.24, 2.45) is 0 Å². The lowest BCUT2D eigenvalue weighted by Gasteiger charge is -2.10. The Hall–Kier alpha value is -2.44. The molecule has 0 aliphatic carbocycles. The Morgan fingerprint density at radius 1 is 1.29 bits per heavy atom. The van der Waals surface area contributed by atoms with Gasteiger partial charge in [0.25, 0.3) is 11.5 Å². The van der Waals surface area contributed by atoms with Crippen molar-refractivity contribution in [3.8, 4) is 0 Å². The van der Waals surface area contributed by atoms with Gasteiger partial charge in [-0.25, -0.2) is 4.98 Å². The maximum absolute atomic E-state index is 12.2. The van der Waals surface area contributed by atoms with Crippen LogP contribution in [0, 0.1) is 6.92 Å². The minimum atomic E-state index is -0.303. The molecule has 3 rings (SSSR count). The van der Waals surface area contributed by atoms with E-state index in [9.17, 15) is 9.59 Å². The highest BCUT2D eigenvalue weighted by molar-refractivity contribution is 7.09. The summed E-state index contributed by atoms with van der Waals surface area (Å²) < 4.78 is 1.50. The number of pyridine rings is 1. The van der Waals surface area contributed by atoms with Gasteiger partial charge in [0.1, 0.15) is 5.69 Å². The SMILES string of the molecule is Cc1nc(C(=O)Nc2ccc(=O)n(Cc3ccccc3Cl)c2)cs1. The molecule has 24 heavy (non-hydrogen) atoms. The van der Waals surface area contributed by atoms with Crippen LogP contribution in [-0.2, 0) is 6.54 Å². The number of benzene rings is 1. The summed E-state index contributed by atoms with van der Waals surface area (Å²) in [6.45, 7) is 2.17. The van der Waals surface area contributed by atoms with Crippen molar-refractivity contribution in [3.05, 3.63) is 79.6 Å². The lowest BCUT2D eigenvalue weighted by Crippen LogP contribution is -2.21. The number of nitrogens with one attached hydrogen (secondary N) is 1. The van der Waals surface area contributed by atoms with Gasteiger partial charge in [-0.1, -0.05) is 29.8 Å². The number of thiazole rings is 1. The van der Waals surface area contributed by atoms with E-state index < -0.39 is 0 Å². The number of anilines is 1. The van der Waals surface area contributed by atoms with Crippen LogP contribution < -0.4 is 10.9 Å². The molecule has 0 aliphatic rings. The molecule has 0 unspecified atom stereocenters. The number of hydrogen-bond acceptors (Lipinski definition) is 4. The average molecular weight is 360 g/mol. The molecule has 5 nitrogen and oxygen atoms in total. The summed E-state index contributed by atoms with van der Waals surface area (Å²) in [7, 11) is 0. The molecule has 1 N–H and O–H groups in total. The minimum Gasteiger partial charge on any atom is -0.319 e. The molecular weight excluding hydrogens is 346 g/mol. The van der Waals surface area contributed by atoms with Gasteiger partial charge in [0.2, 0.25) is 0 Å². The highest BCUT2D eigenvalue weighted by Gasteiger charge is 2.10. The van der Waals surface area contributed by atoms with Crippen LogP contribution >= 0.6 is 22.9 Å². The Labute approximate surface area is 147 Å². The molecule has 0 aliphatic heterocycles. The summed E-state index contributed by atoms with van der Waals surface area (Å²) in [5, 5.41) is 5.87. The zero-order valence-corrected chi connectivity index (χ0v) is 14.4. The van der Waals surface area contributed by atoms with Gasteiger partial charge in [0.05, 0.1) is 17.2 Å². The van der Waals surface area contributed by atoms with Crippen LogP contribution in [0.15, 0.2) is 52.8 Å². The van der Waals surface area contributed by atoms with Crippen LogP contribution in [-0.4, -0.2) is 15.5 Å². The molecule has 0 spiro atoms. The molecule has 0 bridgehead atoms. The van der Waals surface area contributed by atoms with Crippen molar-refractivity contribution in [2.45, 2.75) is 13.5 Å². The third kappa shape index (κ3) is 3.72. The topological polar surface area (TPSA) is 64.0 Å². The van der Waals surface area contributed by atoms with E-state index in [1.807, 2.05) is 25.1 Å². The molecule has 2 heterocycles. The van der Waals surface area contributed by atoms with Gasteiger partial charge in [0.15, 0.2) is 0 Å². The fraction of sp³-hybridized carbons (Fsp3) is 0.118. The molecular formula is C17H14ClN3O2S. The first-order chi connectivity index (χ1) is 11.5. The summed E-state index contributed by atoms with van der Waals surface area (Å²) in [5.41, 5.74) is 1.55. The lowest BCUT2D eigenvalue weighted by atomic mass is 10.2. The zero-order chi connectivity index (χ0) is 17.1. The number of amides is 1. The first kappa shape index (κ1) is 16.4. The molecule has 3 aromatic rings.